The molecule has 2 aromatic carbocycles. The molecule has 0 spiro atoms. The van der Waals surface area contributed by atoms with Crippen molar-refractivity contribution in [2.45, 2.75) is 40.0 Å². The summed E-state index contributed by atoms with van der Waals surface area (Å²) in [5, 5.41) is 4.54. The smallest absolute Gasteiger partial charge is 0.310 e. The molecule has 5 nitrogen and oxygen atoms in total. The molecule has 0 amide bonds. The number of hydrogen-bond donors (Lipinski definition) is 0. The number of carbonyl (C=O) groups is 2. The second kappa shape index (κ2) is 8.86. The molecule has 5 heteroatoms. The molecule has 0 saturated carbocycles. The molecule has 0 N–H and O–H groups in total. The number of nitrogens with zero attached hydrogens (tertiary/aromatic N) is 2. The molecule has 0 radical (unpaired) electrons. The molecule has 0 aliphatic rings. The quantitative estimate of drug-likeness (QED) is 0.438. The second-order valence-electron chi connectivity index (χ2n) is 7.43. The van der Waals surface area contributed by atoms with Gasteiger partial charge < -0.3 is 4.74 Å². The SMILES string of the molecule is Cc1nn(-c2ccccc2)c(C)c1CC(=O)OCC(=O)c1ccc(C(C)C)cc1. The number of esters is 1. The Kier molecular flexibility index (Phi) is 6.27. The van der Waals surface area contributed by atoms with Crippen LogP contribution in [-0.4, -0.2) is 28.1 Å². The molecule has 0 bridgehead atoms. The first-order valence-electron chi connectivity index (χ1n) is 9.76. The Bertz CT molecular complexity index is 1000. The molecule has 1 heterocycles. The highest BCUT2D eigenvalue weighted by Crippen LogP contribution is 2.19. The van der Waals surface area contributed by atoms with Crippen molar-refractivity contribution in [2.24, 2.45) is 0 Å². The van der Waals surface area contributed by atoms with Crippen molar-refractivity contribution in [2.75, 3.05) is 6.61 Å². The van der Waals surface area contributed by atoms with Crippen LogP contribution in [0.2, 0.25) is 0 Å². The van der Waals surface area contributed by atoms with Crippen LogP contribution >= 0.6 is 0 Å². The van der Waals surface area contributed by atoms with Crippen molar-refractivity contribution in [1.82, 2.24) is 9.78 Å². The van der Waals surface area contributed by atoms with E-state index in [0.717, 1.165) is 22.6 Å². The standard InChI is InChI=1S/C24H26N2O3/c1-16(2)19-10-12-20(13-11-19)23(27)15-29-24(28)14-22-17(3)25-26(18(22)4)21-8-6-5-7-9-21/h5-13,16H,14-15H2,1-4H3. The Balaban J connectivity index is 1.62. The summed E-state index contributed by atoms with van der Waals surface area (Å²) in [7, 11) is 0. The Morgan fingerprint density at radius 1 is 1.00 bits per heavy atom. The van der Waals surface area contributed by atoms with Gasteiger partial charge in [0.1, 0.15) is 0 Å². The number of aromatic nitrogens is 2. The normalized spacial score (nSPS) is 10.9. The second-order valence-corrected chi connectivity index (χ2v) is 7.43. The molecule has 1 aromatic heterocycles. The Hall–Kier alpha value is -3.21. The molecule has 150 valence electrons. The van der Waals surface area contributed by atoms with E-state index in [9.17, 15) is 9.59 Å². The minimum Gasteiger partial charge on any atom is -0.457 e. The Morgan fingerprint density at radius 2 is 1.66 bits per heavy atom. The van der Waals surface area contributed by atoms with Gasteiger partial charge in [0.15, 0.2) is 12.4 Å². The average Bonchev–Trinajstić information content (AvgIpc) is 3.01. The highest BCUT2D eigenvalue weighted by Gasteiger charge is 2.18. The zero-order valence-electron chi connectivity index (χ0n) is 17.3. The van der Waals surface area contributed by atoms with Gasteiger partial charge in [-0.1, -0.05) is 56.3 Å². The van der Waals surface area contributed by atoms with E-state index in [4.69, 9.17) is 4.74 Å². The van der Waals surface area contributed by atoms with Crippen molar-refractivity contribution in [3.8, 4) is 5.69 Å². The molecule has 0 aliphatic heterocycles. The van der Waals surface area contributed by atoms with Crippen LogP contribution in [0.4, 0.5) is 0 Å². The van der Waals surface area contributed by atoms with Gasteiger partial charge in [-0.3, -0.25) is 9.59 Å². The fourth-order valence-electron chi connectivity index (χ4n) is 3.23. The summed E-state index contributed by atoms with van der Waals surface area (Å²) in [6.07, 6.45) is 0.0874. The number of ketones is 1. The van der Waals surface area contributed by atoms with Crippen molar-refractivity contribution >= 4 is 11.8 Å². The first-order valence-corrected chi connectivity index (χ1v) is 9.76. The van der Waals surface area contributed by atoms with Crippen LogP contribution in [0.25, 0.3) is 5.69 Å². The van der Waals surface area contributed by atoms with Crippen LogP contribution in [0.15, 0.2) is 54.6 Å². The van der Waals surface area contributed by atoms with Crippen LogP contribution < -0.4 is 0 Å². The van der Waals surface area contributed by atoms with E-state index >= 15 is 0 Å². The van der Waals surface area contributed by atoms with Crippen molar-refractivity contribution < 1.29 is 14.3 Å². The first kappa shape index (κ1) is 20.5. The topological polar surface area (TPSA) is 61.2 Å². The van der Waals surface area contributed by atoms with Gasteiger partial charge >= 0.3 is 5.97 Å². The van der Waals surface area contributed by atoms with E-state index in [0.29, 0.717) is 11.5 Å². The van der Waals surface area contributed by atoms with Gasteiger partial charge in [-0.25, -0.2) is 4.68 Å². The molecular weight excluding hydrogens is 364 g/mol. The molecule has 3 rings (SSSR count). The fraction of sp³-hybridized carbons (Fsp3) is 0.292. The third-order valence-corrected chi connectivity index (χ3v) is 5.03. The number of aryl methyl sites for hydroxylation is 1. The number of Topliss-reactive ketones (excluding diaryl/α,β-unsaturated/α-hetero) is 1. The average molecular weight is 390 g/mol. The predicted molar refractivity (Wildman–Crippen MR) is 113 cm³/mol. The van der Waals surface area contributed by atoms with E-state index in [1.807, 2.05) is 61.0 Å². The zero-order chi connectivity index (χ0) is 21.0. The van der Waals surface area contributed by atoms with Crippen LogP contribution in [0.3, 0.4) is 0 Å². The van der Waals surface area contributed by atoms with E-state index in [1.165, 1.54) is 5.56 Å². The van der Waals surface area contributed by atoms with E-state index < -0.39 is 5.97 Å². The molecule has 0 saturated heterocycles. The molecular formula is C24H26N2O3. The fourth-order valence-corrected chi connectivity index (χ4v) is 3.23. The maximum absolute atomic E-state index is 12.3. The van der Waals surface area contributed by atoms with Gasteiger partial charge in [-0.15, -0.1) is 0 Å². The Labute approximate surface area is 171 Å². The summed E-state index contributed by atoms with van der Waals surface area (Å²) in [5.41, 5.74) is 5.15. The summed E-state index contributed by atoms with van der Waals surface area (Å²) < 4.78 is 7.06. The lowest BCUT2D eigenvalue weighted by atomic mass is 10.0. The minimum absolute atomic E-state index is 0.0874. The Morgan fingerprint density at radius 3 is 2.28 bits per heavy atom. The monoisotopic (exact) mass is 390 g/mol. The summed E-state index contributed by atoms with van der Waals surface area (Å²) in [4.78, 5) is 24.6. The van der Waals surface area contributed by atoms with Crippen LogP contribution in [0.5, 0.6) is 0 Å². The zero-order valence-corrected chi connectivity index (χ0v) is 17.3. The maximum atomic E-state index is 12.3. The maximum Gasteiger partial charge on any atom is 0.310 e. The lowest BCUT2D eigenvalue weighted by molar-refractivity contribution is -0.141. The molecule has 0 fully saturated rings. The summed E-state index contributed by atoms with van der Waals surface area (Å²) >= 11 is 0. The highest BCUT2D eigenvalue weighted by molar-refractivity contribution is 5.98. The van der Waals surface area contributed by atoms with Gasteiger partial charge in [0.25, 0.3) is 0 Å². The van der Waals surface area contributed by atoms with Gasteiger partial charge in [-0.2, -0.15) is 5.10 Å². The number of benzene rings is 2. The molecule has 0 aliphatic carbocycles. The summed E-state index contributed by atoms with van der Waals surface area (Å²) in [6.45, 7) is 7.74. The predicted octanol–water partition coefficient (Wildman–Crippen LogP) is 4.58. The highest BCUT2D eigenvalue weighted by atomic mass is 16.5. The van der Waals surface area contributed by atoms with Crippen molar-refractivity contribution in [3.63, 3.8) is 0 Å². The van der Waals surface area contributed by atoms with Gasteiger partial charge in [0, 0.05) is 16.8 Å². The van der Waals surface area contributed by atoms with Crippen molar-refractivity contribution in [1.29, 1.82) is 0 Å². The van der Waals surface area contributed by atoms with Crippen LogP contribution in [0, 0.1) is 13.8 Å². The first-order chi connectivity index (χ1) is 13.9. The van der Waals surface area contributed by atoms with E-state index in [1.54, 1.807) is 12.1 Å². The summed E-state index contributed by atoms with van der Waals surface area (Å²) in [6, 6.07) is 17.2. The van der Waals surface area contributed by atoms with Crippen LogP contribution in [-0.2, 0) is 16.0 Å². The molecule has 0 unspecified atom stereocenters. The van der Waals surface area contributed by atoms with Crippen LogP contribution in [0.1, 0.15) is 52.6 Å². The van der Waals surface area contributed by atoms with Gasteiger partial charge in [0.2, 0.25) is 0 Å². The number of hydrogen-bond acceptors (Lipinski definition) is 4. The van der Waals surface area contributed by atoms with E-state index in [2.05, 4.69) is 18.9 Å². The molecule has 3 aromatic rings. The third kappa shape index (κ3) is 4.80. The minimum atomic E-state index is -0.434. The largest absolute Gasteiger partial charge is 0.457 e. The molecule has 0 atom stereocenters. The lowest BCUT2D eigenvalue weighted by Gasteiger charge is -2.08. The lowest BCUT2D eigenvalue weighted by Crippen LogP contribution is -2.16. The number of carbonyl (C=O) groups excluding carboxylic acids is 2. The number of para-hydroxylation sites is 1. The number of rotatable bonds is 7. The summed E-state index contributed by atoms with van der Waals surface area (Å²) in [5.74, 6) is -0.238. The van der Waals surface area contributed by atoms with Gasteiger partial charge in [0.05, 0.1) is 17.8 Å². The molecule has 29 heavy (non-hydrogen) atoms. The van der Waals surface area contributed by atoms with E-state index in [-0.39, 0.29) is 18.8 Å². The third-order valence-electron chi connectivity index (χ3n) is 5.03. The van der Waals surface area contributed by atoms with Crippen molar-refractivity contribution in [3.05, 3.63) is 82.7 Å². The van der Waals surface area contributed by atoms with Gasteiger partial charge in [-0.05, 0) is 37.5 Å². The number of ether oxygens (including phenoxy) is 1.